The molecule has 2 aromatic rings. The van der Waals surface area contributed by atoms with Crippen LogP contribution >= 0.6 is 0 Å². The molecule has 0 saturated heterocycles. The fourth-order valence-corrected chi connectivity index (χ4v) is 4.61. The molecule has 4 rings (SSSR count). The van der Waals surface area contributed by atoms with Crippen LogP contribution in [0.2, 0.25) is 0 Å². The minimum Gasteiger partial charge on any atom is -1.00 e. The summed E-state index contributed by atoms with van der Waals surface area (Å²) in [6.07, 6.45) is 1.53. The molecule has 1 atom stereocenters. The van der Waals surface area contributed by atoms with E-state index in [-0.39, 0.29) is 55.8 Å². The number of benzene rings is 2. The van der Waals surface area contributed by atoms with E-state index >= 15 is 0 Å². The topological polar surface area (TPSA) is 76.0 Å². The van der Waals surface area contributed by atoms with Gasteiger partial charge in [0.1, 0.15) is 11.8 Å². The highest BCUT2D eigenvalue weighted by Gasteiger charge is 2.41. The number of aliphatic hydroxyl groups is 2. The molecule has 6 nitrogen and oxygen atoms in total. The zero-order valence-corrected chi connectivity index (χ0v) is 19.5. The van der Waals surface area contributed by atoms with E-state index in [4.69, 9.17) is 9.47 Å². The van der Waals surface area contributed by atoms with Crippen molar-refractivity contribution in [1.29, 1.82) is 0 Å². The van der Waals surface area contributed by atoms with Gasteiger partial charge in [0.2, 0.25) is 6.79 Å². The molecule has 1 unspecified atom stereocenters. The molecule has 2 aromatic carbocycles. The van der Waals surface area contributed by atoms with Crippen LogP contribution in [-0.2, 0) is 30.8 Å². The summed E-state index contributed by atoms with van der Waals surface area (Å²) >= 11 is 0. The number of aliphatic hydroxyl groups excluding tert-OH is 2. The summed E-state index contributed by atoms with van der Waals surface area (Å²) in [6.45, 7) is 0.843. The van der Waals surface area contributed by atoms with Gasteiger partial charge in [-0.25, -0.2) is 0 Å². The first-order chi connectivity index (χ1) is 13.9. The highest BCUT2D eigenvalue weighted by molar-refractivity contribution is 5.82. The maximum absolute atomic E-state index is 13.1. The molecular formula is C23H28INO5. The number of halogens is 1. The molecule has 0 aromatic heterocycles. The standard InChI is InChI=1S/C23H28NO5.HI/c1-24(2)8-7-16-10-21-23(29-14-28-21)19(13-26)22(16)20(24)11-18(27)9-15-5-3-4-6-17(15)12-25;/h3-6,10,20,25-26H,7-9,11-14H2,1-2H3;1H/q+1;/p-1. The summed E-state index contributed by atoms with van der Waals surface area (Å²) in [7, 11) is 4.27. The van der Waals surface area contributed by atoms with Crippen molar-refractivity contribution in [2.75, 3.05) is 27.4 Å². The Labute approximate surface area is 194 Å². The van der Waals surface area contributed by atoms with E-state index in [0.29, 0.717) is 28.8 Å². The Kier molecular flexibility index (Phi) is 7.06. The fraction of sp³-hybridized carbons (Fsp3) is 0.435. The quantitative estimate of drug-likeness (QED) is 0.385. The van der Waals surface area contributed by atoms with E-state index in [9.17, 15) is 15.0 Å². The number of carbonyl (C=O) groups excluding carboxylic acids is 1. The monoisotopic (exact) mass is 525 g/mol. The summed E-state index contributed by atoms with van der Waals surface area (Å²) in [5, 5.41) is 19.7. The van der Waals surface area contributed by atoms with E-state index in [1.165, 1.54) is 0 Å². The van der Waals surface area contributed by atoms with Gasteiger partial charge in [-0.15, -0.1) is 0 Å². The Balaban J connectivity index is 0.00000256. The Morgan fingerprint density at radius 2 is 1.87 bits per heavy atom. The molecule has 2 N–H and O–H groups in total. The van der Waals surface area contributed by atoms with Crippen LogP contribution in [0.25, 0.3) is 0 Å². The van der Waals surface area contributed by atoms with Crippen molar-refractivity contribution < 1.29 is 52.9 Å². The fourth-order valence-electron chi connectivity index (χ4n) is 4.61. The average Bonchev–Trinajstić information content (AvgIpc) is 3.17. The first kappa shape index (κ1) is 23.0. The predicted molar refractivity (Wildman–Crippen MR) is 108 cm³/mol. The maximum Gasteiger partial charge on any atom is 0.231 e. The van der Waals surface area contributed by atoms with Gasteiger partial charge >= 0.3 is 0 Å². The van der Waals surface area contributed by atoms with Crippen molar-refractivity contribution >= 4 is 5.78 Å². The Hall–Kier alpha value is -1.68. The van der Waals surface area contributed by atoms with Crippen LogP contribution < -0.4 is 33.5 Å². The van der Waals surface area contributed by atoms with Crippen LogP contribution in [-0.4, -0.2) is 47.9 Å². The third-order valence-electron chi connectivity index (χ3n) is 6.28. The number of hydrogen-bond acceptors (Lipinski definition) is 5. The number of carbonyl (C=O) groups is 1. The van der Waals surface area contributed by atoms with Gasteiger partial charge in [-0.2, -0.15) is 0 Å². The van der Waals surface area contributed by atoms with Gasteiger partial charge in [0, 0.05) is 24.0 Å². The number of fused-ring (bicyclic) bond motifs is 2. The Bertz CT molecular complexity index is 943. The van der Waals surface area contributed by atoms with Crippen molar-refractivity contribution in [2.24, 2.45) is 0 Å². The maximum atomic E-state index is 13.1. The molecule has 30 heavy (non-hydrogen) atoms. The van der Waals surface area contributed by atoms with Crippen LogP contribution in [0, 0.1) is 0 Å². The lowest BCUT2D eigenvalue weighted by atomic mass is 9.83. The van der Waals surface area contributed by atoms with Gasteiger partial charge in [-0.3, -0.25) is 4.79 Å². The smallest absolute Gasteiger partial charge is 0.231 e. The van der Waals surface area contributed by atoms with Crippen molar-refractivity contribution in [2.45, 2.75) is 38.5 Å². The van der Waals surface area contributed by atoms with E-state index in [0.717, 1.165) is 40.8 Å². The van der Waals surface area contributed by atoms with E-state index in [1.807, 2.05) is 30.3 Å². The summed E-state index contributed by atoms with van der Waals surface area (Å²) < 4.78 is 11.9. The number of hydrogen-bond donors (Lipinski definition) is 2. The van der Waals surface area contributed by atoms with Crippen molar-refractivity contribution in [1.82, 2.24) is 0 Å². The van der Waals surface area contributed by atoms with Gasteiger partial charge in [-0.1, -0.05) is 24.3 Å². The normalized spacial score (nSPS) is 18.5. The van der Waals surface area contributed by atoms with E-state index < -0.39 is 0 Å². The lowest BCUT2D eigenvalue weighted by Crippen LogP contribution is -3.00. The number of Topliss-reactive ketones (excluding diaryl/α,β-unsaturated/α-hetero) is 1. The zero-order chi connectivity index (χ0) is 20.6. The molecule has 0 fully saturated rings. The third kappa shape index (κ3) is 4.21. The van der Waals surface area contributed by atoms with Gasteiger partial charge in [-0.05, 0) is 22.8 Å². The number of rotatable bonds is 6. The van der Waals surface area contributed by atoms with Crippen LogP contribution in [0.3, 0.4) is 0 Å². The second-order valence-electron chi connectivity index (χ2n) is 8.43. The number of ether oxygens (including phenoxy) is 2. The number of ketones is 1. The molecule has 0 spiro atoms. The lowest BCUT2D eigenvalue weighted by molar-refractivity contribution is -0.922. The molecule has 2 heterocycles. The first-order valence-corrected chi connectivity index (χ1v) is 10.0. The van der Waals surface area contributed by atoms with Gasteiger partial charge in [0.05, 0.1) is 40.3 Å². The Morgan fingerprint density at radius 3 is 2.57 bits per heavy atom. The molecule has 0 bridgehead atoms. The largest absolute Gasteiger partial charge is 1.00 e. The zero-order valence-electron chi connectivity index (χ0n) is 17.4. The molecule has 0 amide bonds. The molecule has 0 saturated carbocycles. The number of quaternary nitrogens is 1. The van der Waals surface area contributed by atoms with Gasteiger partial charge in [0.25, 0.3) is 0 Å². The molecule has 0 aliphatic carbocycles. The van der Waals surface area contributed by atoms with Crippen LogP contribution in [0.4, 0.5) is 0 Å². The number of nitrogens with zero attached hydrogens (tertiary/aromatic N) is 1. The van der Waals surface area contributed by atoms with Crippen molar-refractivity contribution in [3.05, 3.63) is 58.1 Å². The number of likely N-dealkylation sites (N-methyl/N-ethyl adjacent to an activating group) is 1. The highest BCUT2D eigenvalue weighted by atomic mass is 127. The second-order valence-corrected chi connectivity index (χ2v) is 8.43. The van der Waals surface area contributed by atoms with E-state index in [2.05, 4.69) is 14.1 Å². The SMILES string of the molecule is C[N+]1(C)CCc2cc3c(c(CO)c2C1CC(=O)Cc1ccccc1CO)OCO3.[I-]. The van der Waals surface area contributed by atoms with Crippen LogP contribution in [0.5, 0.6) is 11.5 Å². The Morgan fingerprint density at radius 1 is 1.13 bits per heavy atom. The van der Waals surface area contributed by atoms with E-state index in [1.54, 1.807) is 0 Å². The molecule has 2 aliphatic rings. The minimum absolute atomic E-state index is 0. The van der Waals surface area contributed by atoms with Crippen LogP contribution in [0.1, 0.15) is 40.3 Å². The lowest BCUT2D eigenvalue weighted by Gasteiger charge is -2.43. The summed E-state index contributed by atoms with van der Waals surface area (Å²) in [6, 6.07) is 9.45. The van der Waals surface area contributed by atoms with Crippen LogP contribution in [0.15, 0.2) is 30.3 Å². The minimum atomic E-state index is -0.146. The van der Waals surface area contributed by atoms with Crippen molar-refractivity contribution in [3.63, 3.8) is 0 Å². The average molecular weight is 525 g/mol. The first-order valence-electron chi connectivity index (χ1n) is 10.0. The predicted octanol–water partition coefficient (Wildman–Crippen LogP) is -0.721. The molecule has 2 aliphatic heterocycles. The summed E-state index contributed by atoms with van der Waals surface area (Å²) in [5.74, 6) is 1.41. The van der Waals surface area contributed by atoms with Gasteiger partial charge < -0.3 is 48.1 Å². The van der Waals surface area contributed by atoms with Crippen molar-refractivity contribution in [3.8, 4) is 11.5 Å². The molecule has 7 heteroatoms. The molecular weight excluding hydrogens is 497 g/mol. The summed E-state index contributed by atoms with van der Waals surface area (Å²) in [5.41, 5.74) is 4.56. The highest BCUT2D eigenvalue weighted by Crippen LogP contribution is 2.47. The second kappa shape index (κ2) is 9.21. The molecule has 162 valence electrons. The summed E-state index contributed by atoms with van der Waals surface area (Å²) in [4.78, 5) is 13.1. The molecule has 0 radical (unpaired) electrons. The third-order valence-corrected chi connectivity index (χ3v) is 6.28. The van der Waals surface area contributed by atoms with Gasteiger partial charge in [0.15, 0.2) is 11.5 Å².